The van der Waals surface area contributed by atoms with Crippen LogP contribution < -0.4 is 0 Å². The summed E-state index contributed by atoms with van der Waals surface area (Å²) in [6.45, 7) is 3.77. The number of rotatable bonds is 3. The molecule has 25 heavy (non-hydrogen) atoms. The molecule has 5 nitrogen and oxygen atoms in total. The Balaban J connectivity index is 1.60. The molecular weight excluding hydrogens is 338 g/mol. The van der Waals surface area contributed by atoms with Gasteiger partial charge < -0.3 is 14.4 Å². The molecule has 1 aliphatic heterocycles. The Hall–Kier alpha value is -1.95. The number of nitrogens with zero attached hydrogens (tertiary/aromatic N) is 3. The molecule has 0 aliphatic carbocycles. The molecule has 3 heterocycles. The number of hydrogen-bond donors (Lipinski definition) is 1. The second-order valence-electron chi connectivity index (χ2n) is 6.73. The van der Waals surface area contributed by atoms with Crippen LogP contribution in [0.5, 0.6) is 0 Å². The fourth-order valence-corrected chi connectivity index (χ4v) is 3.67. The van der Waals surface area contributed by atoms with Gasteiger partial charge in [-0.05, 0) is 50.5 Å². The van der Waals surface area contributed by atoms with Crippen LogP contribution in [-0.2, 0) is 10.3 Å². The maximum atomic E-state index is 11.0. The summed E-state index contributed by atoms with van der Waals surface area (Å²) in [5.74, 6) is 0. The Kier molecular flexibility index (Phi) is 4.02. The molecule has 130 valence electrons. The van der Waals surface area contributed by atoms with Crippen LogP contribution in [0.15, 0.2) is 42.9 Å². The molecular formula is C19H20ClN3O2. The van der Waals surface area contributed by atoms with Crippen molar-refractivity contribution in [2.45, 2.75) is 44.6 Å². The Labute approximate surface area is 151 Å². The molecule has 1 saturated heterocycles. The van der Waals surface area contributed by atoms with E-state index in [1.165, 1.54) is 0 Å². The molecule has 1 aromatic carbocycles. The minimum absolute atomic E-state index is 0.143. The van der Waals surface area contributed by atoms with Crippen LogP contribution in [0, 0.1) is 6.92 Å². The van der Waals surface area contributed by atoms with Gasteiger partial charge in [0.15, 0.2) is 0 Å². The standard InChI is InChI=1S/C19H20ClN3O2/c1-12-15-9-10-23(18(15)22-11-21-12)17-8-7-16(25-17)19(2,24)13-3-5-14(20)6-4-13/h3-6,9-11,16-17,24H,7-8H2,1-2H3/t16-,17+,19+/m0/s1. The predicted molar refractivity (Wildman–Crippen MR) is 96.4 cm³/mol. The van der Waals surface area contributed by atoms with Crippen LogP contribution in [0.4, 0.5) is 0 Å². The number of aliphatic hydroxyl groups is 1. The molecule has 3 atom stereocenters. The number of benzene rings is 1. The minimum Gasteiger partial charge on any atom is -0.383 e. The molecule has 0 spiro atoms. The second-order valence-corrected chi connectivity index (χ2v) is 7.17. The van der Waals surface area contributed by atoms with Gasteiger partial charge in [0, 0.05) is 16.6 Å². The largest absolute Gasteiger partial charge is 0.383 e. The van der Waals surface area contributed by atoms with Crippen molar-refractivity contribution in [1.29, 1.82) is 0 Å². The quantitative estimate of drug-likeness (QED) is 0.770. The smallest absolute Gasteiger partial charge is 0.145 e. The zero-order valence-corrected chi connectivity index (χ0v) is 14.9. The third-order valence-electron chi connectivity index (χ3n) is 5.07. The highest BCUT2D eigenvalue weighted by Gasteiger charge is 2.41. The van der Waals surface area contributed by atoms with Gasteiger partial charge in [0.2, 0.25) is 0 Å². The lowest BCUT2D eigenvalue weighted by Crippen LogP contribution is -2.36. The Morgan fingerprint density at radius 3 is 2.72 bits per heavy atom. The first-order chi connectivity index (χ1) is 12.0. The summed E-state index contributed by atoms with van der Waals surface area (Å²) in [5, 5.41) is 12.7. The molecule has 4 rings (SSSR count). The van der Waals surface area contributed by atoms with Crippen molar-refractivity contribution in [3.63, 3.8) is 0 Å². The molecule has 0 unspecified atom stereocenters. The van der Waals surface area contributed by atoms with E-state index >= 15 is 0 Å². The summed E-state index contributed by atoms with van der Waals surface area (Å²) in [5.41, 5.74) is 1.54. The van der Waals surface area contributed by atoms with E-state index in [1.807, 2.05) is 35.9 Å². The highest BCUT2D eigenvalue weighted by Crippen LogP contribution is 2.40. The van der Waals surface area contributed by atoms with Crippen molar-refractivity contribution in [3.8, 4) is 0 Å². The molecule has 3 aromatic rings. The Bertz CT molecular complexity index is 905. The van der Waals surface area contributed by atoms with Crippen molar-refractivity contribution in [2.24, 2.45) is 0 Å². The lowest BCUT2D eigenvalue weighted by molar-refractivity contribution is -0.113. The number of halogens is 1. The highest BCUT2D eigenvalue weighted by molar-refractivity contribution is 6.30. The third-order valence-corrected chi connectivity index (χ3v) is 5.32. The molecule has 0 saturated carbocycles. The van der Waals surface area contributed by atoms with E-state index in [0.717, 1.165) is 35.1 Å². The molecule has 1 N–H and O–H groups in total. The summed E-state index contributed by atoms with van der Waals surface area (Å²) in [4.78, 5) is 8.63. The molecule has 1 aliphatic rings. The maximum Gasteiger partial charge on any atom is 0.145 e. The van der Waals surface area contributed by atoms with E-state index in [0.29, 0.717) is 5.02 Å². The molecule has 1 fully saturated rings. The summed E-state index contributed by atoms with van der Waals surface area (Å²) < 4.78 is 8.25. The molecule has 0 radical (unpaired) electrons. The van der Waals surface area contributed by atoms with E-state index in [1.54, 1.807) is 25.4 Å². The minimum atomic E-state index is -1.08. The summed E-state index contributed by atoms with van der Waals surface area (Å²) >= 11 is 5.95. The summed E-state index contributed by atoms with van der Waals surface area (Å²) in [6, 6.07) is 9.29. The zero-order chi connectivity index (χ0) is 17.6. The van der Waals surface area contributed by atoms with Crippen molar-refractivity contribution < 1.29 is 9.84 Å². The maximum absolute atomic E-state index is 11.0. The average Bonchev–Trinajstić information content (AvgIpc) is 3.22. The van der Waals surface area contributed by atoms with Crippen molar-refractivity contribution in [3.05, 3.63) is 59.1 Å². The third kappa shape index (κ3) is 2.82. The van der Waals surface area contributed by atoms with Gasteiger partial charge in [-0.2, -0.15) is 0 Å². The zero-order valence-electron chi connectivity index (χ0n) is 14.2. The first-order valence-corrected chi connectivity index (χ1v) is 8.76. The van der Waals surface area contributed by atoms with Gasteiger partial charge in [-0.25, -0.2) is 9.97 Å². The van der Waals surface area contributed by atoms with Gasteiger partial charge in [-0.3, -0.25) is 0 Å². The number of aromatic nitrogens is 3. The van der Waals surface area contributed by atoms with E-state index in [9.17, 15) is 5.11 Å². The van der Waals surface area contributed by atoms with E-state index in [2.05, 4.69) is 9.97 Å². The fourth-order valence-electron chi connectivity index (χ4n) is 3.54. The average molecular weight is 358 g/mol. The van der Waals surface area contributed by atoms with E-state index < -0.39 is 5.60 Å². The van der Waals surface area contributed by atoms with Crippen LogP contribution in [-0.4, -0.2) is 25.7 Å². The normalized spacial score (nSPS) is 23.0. The summed E-state index contributed by atoms with van der Waals surface area (Å²) in [7, 11) is 0. The Morgan fingerprint density at radius 2 is 1.96 bits per heavy atom. The lowest BCUT2D eigenvalue weighted by Gasteiger charge is -2.30. The van der Waals surface area contributed by atoms with E-state index in [4.69, 9.17) is 16.3 Å². The van der Waals surface area contributed by atoms with Crippen molar-refractivity contribution in [1.82, 2.24) is 14.5 Å². The first kappa shape index (κ1) is 16.5. The first-order valence-electron chi connectivity index (χ1n) is 8.39. The van der Waals surface area contributed by atoms with Crippen molar-refractivity contribution >= 4 is 22.6 Å². The summed E-state index contributed by atoms with van der Waals surface area (Å²) in [6.07, 6.45) is 4.71. The topological polar surface area (TPSA) is 60.2 Å². The number of ether oxygens (including phenoxy) is 1. The SMILES string of the molecule is Cc1ncnc2c1ccn2[C@H]1CC[C@@H]([C@](C)(O)c2ccc(Cl)cc2)O1. The van der Waals surface area contributed by atoms with Crippen LogP contribution in [0.25, 0.3) is 11.0 Å². The van der Waals surface area contributed by atoms with Crippen molar-refractivity contribution in [2.75, 3.05) is 0 Å². The molecule has 0 bridgehead atoms. The monoisotopic (exact) mass is 357 g/mol. The fraction of sp³-hybridized carbons (Fsp3) is 0.368. The van der Waals surface area contributed by atoms with E-state index in [-0.39, 0.29) is 12.3 Å². The number of fused-ring (bicyclic) bond motifs is 1. The Morgan fingerprint density at radius 1 is 1.20 bits per heavy atom. The van der Waals surface area contributed by atoms with Crippen LogP contribution >= 0.6 is 11.6 Å². The predicted octanol–water partition coefficient (Wildman–Crippen LogP) is 3.98. The van der Waals surface area contributed by atoms with Crippen LogP contribution in [0.3, 0.4) is 0 Å². The van der Waals surface area contributed by atoms with Gasteiger partial charge in [-0.1, -0.05) is 23.7 Å². The van der Waals surface area contributed by atoms with Gasteiger partial charge in [0.25, 0.3) is 0 Å². The van der Waals surface area contributed by atoms with Gasteiger partial charge in [-0.15, -0.1) is 0 Å². The second kappa shape index (κ2) is 6.09. The molecule has 6 heteroatoms. The molecule has 0 amide bonds. The van der Waals surface area contributed by atoms with Gasteiger partial charge >= 0.3 is 0 Å². The van der Waals surface area contributed by atoms with Crippen LogP contribution in [0.1, 0.15) is 37.3 Å². The number of aryl methyl sites for hydroxylation is 1. The van der Waals surface area contributed by atoms with Crippen LogP contribution in [0.2, 0.25) is 5.02 Å². The number of hydrogen-bond acceptors (Lipinski definition) is 4. The van der Waals surface area contributed by atoms with Gasteiger partial charge in [0.05, 0.1) is 11.8 Å². The molecule has 2 aromatic heterocycles. The van der Waals surface area contributed by atoms with Gasteiger partial charge in [0.1, 0.15) is 23.8 Å². The highest BCUT2D eigenvalue weighted by atomic mass is 35.5. The lowest BCUT2D eigenvalue weighted by atomic mass is 9.89.